The molecule has 1 aromatic rings. The minimum Gasteiger partial charge on any atom is -0.481 e. The molecule has 1 fully saturated rings. The number of carbonyl (C=O) groups is 2. The highest BCUT2D eigenvalue weighted by atomic mass is 16.4. The van der Waals surface area contributed by atoms with Crippen LogP contribution >= 0.6 is 0 Å². The Morgan fingerprint density at radius 1 is 1.59 bits per heavy atom. The number of aryl methyl sites for hydroxylation is 1. The van der Waals surface area contributed by atoms with Crippen molar-refractivity contribution in [3.63, 3.8) is 0 Å². The second-order valence-corrected chi connectivity index (χ2v) is 4.38. The number of carbonyl (C=O) groups excluding carboxylic acids is 1. The van der Waals surface area contributed by atoms with Crippen LogP contribution in [0.1, 0.15) is 17.7 Å². The van der Waals surface area contributed by atoms with Gasteiger partial charge in [0.05, 0.1) is 18.0 Å². The highest BCUT2D eigenvalue weighted by Crippen LogP contribution is 2.38. The van der Waals surface area contributed by atoms with Gasteiger partial charge in [-0.2, -0.15) is 5.10 Å². The summed E-state index contributed by atoms with van der Waals surface area (Å²) in [4.78, 5) is 22.2. The van der Waals surface area contributed by atoms with Gasteiger partial charge in [0.15, 0.2) is 0 Å². The molecule has 2 atom stereocenters. The molecule has 0 unspecified atom stereocenters. The zero-order valence-electron chi connectivity index (χ0n) is 9.80. The van der Waals surface area contributed by atoms with Gasteiger partial charge in [0, 0.05) is 24.8 Å². The SMILES string of the molecule is Cc1c(CNC(=O)[C@@H]2C[C@@H]2C(=O)O)cnn1C. The van der Waals surface area contributed by atoms with Crippen LogP contribution in [0.15, 0.2) is 6.20 Å². The first-order chi connectivity index (χ1) is 8.00. The van der Waals surface area contributed by atoms with E-state index < -0.39 is 11.9 Å². The third kappa shape index (κ3) is 2.30. The number of rotatable bonds is 4. The lowest BCUT2D eigenvalue weighted by Gasteiger charge is -2.03. The molecule has 6 heteroatoms. The minimum atomic E-state index is -0.886. The van der Waals surface area contributed by atoms with Gasteiger partial charge >= 0.3 is 5.97 Å². The van der Waals surface area contributed by atoms with Gasteiger partial charge in [-0.1, -0.05) is 0 Å². The second-order valence-electron chi connectivity index (χ2n) is 4.38. The van der Waals surface area contributed by atoms with Crippen molar-refractivity contribution in [2.24, 2.45) is 18.9 Å². The van der Waals surface area contributed by atoms with Crippen LogP contribution in [0.5, 0.6) is 0 Å². The molecule has 1 aliphatic carbocycles. The van der Waals surface area contributed by atoms with Crippen molar-refractivity contribution >= 4 is 11.9 Å². The minimum absolute atomic E-state index is 0.180. The highest BCUT2D eigenvalue weighted by Gasteiger charge is 2.48. The molecule has 0 aliphatic heterocycles. The van der Waals surface area contributed by atoms with E-state index in [-0.39, 0.29) is 11.8 Å². The monoisotopic (exact) mass is 237 g/mol. The van der Waals surface area contributed by atoms with Crippen molar-refractivity contribution in [3.8, 4) is 0 Å². The van der Waals surface area contributed by atoms with Crippen molar-refractivity contribution in [2.75, 3.05) is 0 Å². The number of nitrogens with one attached hydrogen (secondary N) is 1. The molecule has 1 aliphatic rings. The summed E-state index contributed by atoms with van der Waals surface area (Å²) in [5.41, 5.74) is 1.95. The third-order valence-electron chi connectivity index (χ3n) is 3.23. The summed E-state index contributed by atoms with van der Waals surface area (Å²) in [5.74, 6) is -1.92. The maximum absolute atomic E-state index is 11.6. The molecular weight excluding hydrogens is 222 g/mol. The Morgan fingerprint density at radius 3 is 2.76 bits per heavy atom. The van der Waals surface area contributed by atoms with Crippen molar-refractivity contribution in [1.82, 2.24) is 15.1 Å². The van der Waals surface area contributed by atoms with Gasteiger partial charge in [0.2, 0.25) is 5.91 Å². The normalized spacial score (nSPS) is 22.2. The average Bonchev–Trinajstić information content (AvgIpc) is 3.02. The molecule has 0 radical (unpaired) electrons. The first kappa shape index (κ1) is 11.6. The number of hydrogen-bond acceptors (Lipinski definition) is 3. The van der Waals surface area contributed by atoms with Gasteiger partial charge in [0.25, 0.3) is 0 Å². The van der Waals surface area contributed by atoms with Crippen molar-refractivity contribution in [2.45, 2.75) is 19.9 Å². The lowest BCUT2D eigenvalue weighted by Crippen LogP contribution is -2.26. The van der Waals surface area contributed by atoms with Gasteiger partial charge < -0.3 is 10.4 Å². The van der Waals surface area contributed by atoms with Gasteiger partial charge in [-0.25, -0.2) is 0 Å². The number of carboxylic acid groups (broad SMARTS) is 1. The van der Waals surface area contributed by atoms with Gasteiger partial charge in [0.1, 0.15) is 0 Å². The summed E-state index contributed by atoms with van der Waals surface area (Å²) in [6, 6.07) is 0. The number of hydrogen-bond donors (Lipinski definition) is 2. The Bertz CT molecular complexity index is 467. The molecule has 0 saturated heterocycles. The van der Waals surface area contributed by atoms with Gasteiger partial charge in [-0.3, -0.25) is 14.3 Å². The summed E-state index contributed by atoms with van der Waals surface area (Å²) in [6.45, 7) is 2.33. The summed E-state index contributed by atoms with van der Waals surface area (Å²) in [7, 11) is 1.84. The van der Waals surface area contributed by atoms with Crippen LogP contribution in [0.3, 0.4) is 0 Å². The zero-order chi connectivity index (χ0) is 12.6. The smallest absolute Gasteiger partial charge is 0.307 e. The van der Waals surface area contributed by atoms with E-state index in [1.807, 2.05) is 14.0 Å². The quantitative estimate of drug-likeness (QED) is 0.775. The molecule has 2 N–H and O–H groups in total. The predicted molar refractivity (Wildman–Crippen MR) is 59.0 cm³/mol. The fourth-order valence-electron chi connectivity index (χ4n) is 1.79. The summed E-state index contributed by atoms with van der Waals surface area (Å²) in [5, 5.41) is 15.5. The Kier molecular flexibility index (Phi) is 2.87. The first-order valence-electron chi connectivity index (χ1n) is 5.48. The number of nitrogens with zero attached hydrogens (tertiary/aromatic N) is 2. The van der Waals surface area contributed by atoms with Crippen LogP contribution < -0.4 is 5.32 Å². The number of carboxylic acids is 1. The topological polar surface area (TPSA) is 84.2 Å². The van der Waals surface area contributed by atoms with Gasteiger partial charge in [-0.05, 0) is 13.3 Å². The molecule has 2 rings (SSSR count). The molecule has 1 saturated carbocycles. The number of aliphatic carboxylic acids is 1. The molecule has 0 aromatic carbocycles. The van der Waals surface area contributed by atoms with Crippen molar-refractivity contribution in [3.05, 3.63) is 17.5 Å². The molecule has 1 aromatic heterocycles. The van der Waals surface area contributed by atoms with E-state index >= 15 is 0 Å². The Labute approximate surface area is 98.6 Å². The molecule has 0 bridgehead atoms. The Hall–Kier alpha value is -1.85. The van der Waals surface area contributed by atoms with E-state index in [0.717, 1.165) is 11.3 Å². The average molecular weight is 237 g/mol. The van der Waals surface area contributed by atoms with Crippen LogP contribution in [0, 0.1) is 18.8 Å². The van der Waals surface area contributed by atoms with Crippen LogP contribution in [0.2, 0.25) is 0 Å². The maximum Gasteiger partial charge on any atom is 0.307 e. The van der Waals surface area contributed by atoms with Crippen molar-refractivity contribution in [1.29, 1.82) is 0 Å². The van der Waals surface area contributed by atoms with Crippen LogP contribution in [-0.2, 0) is 23.2 Å². The Morgan fingerprint density at radius 2 is 2.29 bits per heavy atom. The largest absolute Gasteiger partial charge is 0.481 e. The maximum atomic E-state index is 11.6. The highest BCUT2D eigenvalue weighted by molar-refractivity contribution is 5.89. The van der Waals surface area contributed by atoms with E-state index in [4.69, 9.17) is 5.11 Å². The molecular formula is C11H15N3O3. The fraction of sp³-hybridized carbons (Fsp3) is 0.545. The fourth-order valence-corrected chi connectivity index (χ4v) is 1.79. The standard InChI is InChI=1S/C11H15N3O3/c1-6-7(5-13-14(6)2)4-12-10(15)8-3-9(8)11(16)17/h5,8-9H,3-4H2,1-2H3,(H,12,15)(H,16,17)/t8-,9+/m1/s1. The third-order valence-corrected chi connectivity index (χ3v) is 3.23. The summed E-state index contributed by atoms with van der Waals surface area (Å²) >= 11 is 0. The van der Waals surface area contributed by atoms with E-state index in [1.54, 1.807) is 10.9 Å². The molecule has 0 spiro atoms. The lowest BCUT2D eigenvalue weighted by atomic mass is 10.2. The van der Waals surface area contributed by atoms with Crippen LogP contribution in [0.4, 0.5) is 0 Å². The summed E-state index contributed by atoms with van der Waals surface area (Å²) in [6.07, 6.45) is 2.16. The van der Waals surface area contributed by atoms with E-state index in [2.05, 4.69) is 10.4 Å². The predicted octanol–water partition coefficient (Wildman–Crippen LogP) is 0.0654. The van der Waals surface area contributed by atoms with E-state index in [9.17, 15) is 9.59 Å². The van der Waals surface area contributed by atoms with Crippen LogP contribution in [-0.4, -0.2) is 26.8 Å². The first-order valence-corrected chi connectivity index (χ1v) is 5.48. The van der Waals surface area contributed by atoms with Crippen molar-refractivity contribution < 1.29 is 14.7 Å². The van der Waals surface area contributed by atoms with E-state index in [0.29, 0.717) is 13.0 Å². The number of amides is 1. The molecule has 1 heterocycles. The molecule has 92 valence electrons. The summed E-state index contributed by atoms with van der Waals surface area (Å²) < 4.78 is 1.73. The van der Waals surface area contributed by atoms with Gasteiger partial charge in [-0.15, -0.1) is 0 Å². The van der Waals surface area contributed by atoms with E-state index in [1.165, 1.54) is 0 Å². The Balaban J connectivity index is 1.85. The zero-order valence-corrected chi connectivity index (χ0v) is 9.80. The molecule has 17 heavy (non-hydrogen) atoms. The number of aromatic nitrogens is 2. The lowest BCUT2D eigenvalue weighted by molar-refractivity contribution is -0.140. The molecule has 6 nitrogen and oxygen atoms in total. The van der Waals surface area contributed by atoms with Crippen LogP contribution in [0.25, 0.3) is 0 Å². The second kappa shape index (κ2) is 4.20. The molecule has 1 amide bonds.